The number of carbonyl (C=O) groups excluding carboxylic acids is 2. The first-order valence-corrected chi connectivity index (χ1v) is 13.7. The summed E-state index contributed by atoms with van der Waals surface area (Å²) in [5.41, 5.74) is 0. The van der Waals surface area contributed by atoms with Crippen LogP contribution in [0.2, 0.25) is 0 Å². The van der Waals surface area contributed by atoms with Crippen LogP contribution in [0, 0.1) is 41.4 Å². The quantitative estimate of drug-likeness (QED) is 0.507. The zero-order chi connectivity index (χ0) is 21.9. The highest BCUT2D eigenvalue weighted by Gasteiger charge is 2.49. The number of hydrogen-bond acceptors (Lipinski definition) is 4. The predicted molar refractivity (Wildman–Crippen MR) is 126 cm³/mol. The van der Waals surface area contributed by atoms with Crippen molar-refractivity contribution in [2.24, 2.45) is 41.4 Å². The normalized spacial score (nSPS) is 41.9. The van der Waals surface area contributed by atoms with Gasteiger partial charge in [-0.15, -0.1) is 0 Å². The summed E-state index contributed by atoms with van der Waals surface area (Å²) in [5.74, 6) is 4.49. The van der Waals surface area contributed by atoms with Crippen LogP contribution in [0.1, 0.15) is 70.6 Å². The van der Waals surface area contributed by atoms with Gasteiger partial charge in [-0.25, -0.2) is 0 Å². The monoisotopic (exact) mass is 444 g/mol. The number of hydrogen-bond donors (Lipinski definition) is 4. The lowest BCUT2D eigenvalue weighted by Gasteiger charge is -2.39. The van der Waals surface area contributed by atoms with E-state index in [0.29, 0.717) is 29.7 Å². The lowest BCUT2D eigenvalue weighted by Crippen LogP contribution is -2.46. The first-order valence-electron chi connectivity index (χ1n) is 13.7. The number of carbonyl (C=O) groups is 2. The third-order valence-electron chi connectivity index (χ3n) is 9.47. The van der Waals surface area contributed by atoms with Crippen molar-refractivity contribution in [3.05, 3.63) is 0 Å². The van der Waals surface area contributed by atoms with Crippen LogP contribution in [0.4, 0.5) is 0 Å². The Labute approximate surface area is 193 Å². The summed E-state index contributed by atoms with van der Waals surface area (Å²) < 4.78 is 0. The fourth-order valence-electron chi connectivity index (χ4n) is 7.30. The van der Waals surface area contributed by atoms with E-state index >= 15 is 0 Å². The molecule has 6 atom stereocenters. The Hall–Kier alpha value is -1.14. The highest BCUT2D eigenvalue weighted by Crippen LogP contribution is 2.50. The van der Waals surface area contributed by atoms with Gasteiger partial charge in [0.05, 0.1) is 0 Å². The summed E-state index contributed by atoms with van der Waals surface area (Å²) in [4.78, 5) is 25.5. The van der Waals surface area contributed by atoms with E-state index in [1.54, 1.807) is 0 Å². The summed E-state index contributed by atoms with van der Waals surface area (Å²) in [6.45, 7) is 5.31. The zero-order valence-electron chi connectivity index (χ0n) is 19.7. The Bertz CT molecular complexity index is 656. The van der Waals surface area contributed by atoms with Crippen LogP contribution in [-0.4, -0.2) is 50.6 Å². The smallest absolute Gasteiger partial charge is 0.223 e. The number of fused-ring (bicyclic) bond motifs is 1. The summed E-state index contributed by atoms with van der Waals surface area (Å²) in [5, 5.41) is 13.6. The molecule has 6 nitrogen and oxygen atoms in total. The first kappa shape index (κ1) is 22.6. The zero-order valence-corrected chi connectivity index (χ0v) is 19.7. The molecule has 5 aliphatic rings. The summed E-state index contributed by atoms with van der Waals surface area (Å²) in [7, 11) is 0. The Balaban J connectivity index is 0.998. The van der Waals surface area contributed by atoms with Crippen molar-refractivity contribution >= 4 is 11.8 Å². The molecule has 32 heavy (non-hydrogen) atoms. The molecule has 0 radical (unpaired) electrons. The molecule has 2 saturated heterocycles. The van der Waals surface area contributed by atoms with E-state index in [0.717, 1.165) is 76.5 Å². The molecule has 0 bridgehead atoms. The first-order chi connectivity index (χ1) is 15.7. The molecule has 0 aromatic heterocycles. The average Bonchev–Trinajstić information content (AvgIpc) is 3.64. The molecule has 2 aliphatic heterocycles. The second kappa shape index (κ2) is 10.4. The van der Waals surface area contributed by atoms with Crippen molar-refractivity contribution in [1.29, 1.82) is 0 Å². The maximum atomic E-state index is 12.9. The molecule has 3 aliphatic carbocycles. The van der Waals surface area contributed by atoms with Crippen LogP contribution >= 0.6 is 0 Å². The van der Waals surface area contributed by atoms with Crippen molar-refractivity contribution in [2.75, 3.05) is 32.7 Å². The molecule has 180 valence electrons. The third-order valence-corrected chi connectivity index (χ3v) is 9.47. The van der Waals surface area contributed by atoms with E-state index in [4.69, 9.17) is 0 Å². The summed E-state index contributed by atoms with van der Waals surface area (Å²) in [6.07, 6.45) is 12.7. The summed E-state index contributed by atoms with van der Waals surface area (Å²) in [6, 6.07) is 0.405. The molecule has 5 rings (SSSR count). The molecular weight excluding hydrogens is 400 g/mol. The Morgan fingerprint density at radius 2 is 1.56 bits per heavy atom. The fourth-order valence-corrected chi connectivity index (χ4v) is 7.30. The van der Waals surface area contributed by atoms with Gasteiger partial charge in [0.15, 0.2) is 0 Å². The van der Waals surface area contributed by atoms with Crippen molar-refractivity contribution < 1.29 is 9.59 Å². The van der Waals surface area contributed by atoms with E-state index < -0.39 is 0 Å². The average molecular weight is 445 g/mol. The topological polar surface area (TPSA) is 82.3 Å². The van der Waals surface area contributed by atoms with Crippen LogP contribution in [0.5, 0.6) is 0 Å². The Morgan fingerprint density at radius 1 is 0.750 bits per heavy atom. The highest BCUT2D eigenvalue weighted by molar-refractivity contribution is 5.82. The van der Waals surface area contributed by atoms with Crippen molar-refractivity contribution in [3.63, 3.8) is 0 Å². The van der Waals surface area contributed by atoms with Crippen LogP contribution in [0.25, 0.3) is 0 Å². The van der Waals surface area contributed by atoms with Gasteiger partial charge in [0.1, 0.15) is 0 Å². The molecule has 6 unspecified atom stereocenters. The highest BCUT2D eigenvalue weighted by atomic mass is 16.2. The van der Waals surface area contributed by atoms with Crippen molar-refractivity contribution in [1.82, 2.24) is 21.3 Å². The van der Waals surface area contributed by atoms with E-state index in [-0.39, 0.29) is 17.7 Å². The minimum Gasteiger partial charge on any atom is -0.356 e. The van der Waals surface area contributed by atoms with E-state index in [1.165, 1.54) is 38.6 Å². The molecule has 2 amide bonds. The molecule has 3 saturated carbocycles. The van der Waals surface area contributed by atoms with Gasteiger partial charge >= 0.3 is 0 Å². The largest absolute Gasteiger partial charge is 0.356 e. The van der Waals surface area contributed by atoms with E-state index in [2.05, 4.69) is 21.3 Å². The Morgan fingerprint density at radius 3 is 2.38 bits per heavy atom. The predicted octanol–water partition coefficient (Wildman–Crippen LogP) is 2.44. The van der Waals surface area contributed by atoms with Crippen molar-refractivity contribution in [2.45, 2.75) is 76.7 Å². The molecule has 2 heterocycles. The third kappa shape index (κ3) is 5.49. The van der Waals surface area contributed by atoms with E-state index in [1.807, 2.05) is 0 Å². The number of piperidine rings is 2. The van der Waals surface area contributed by atoms with Gasteiger partial charge in [0.2, 0.25) is 11.8 Å². The Kier molecular flexibility index (Phi) is 7.37. The van der Waals surface area contributed by atoms with Gasteiger partial charge in [0.25, 0.3) is 0 Å². The lowest BCUT2D eigenvalue weighted by molar-refractivity contribution is -0.127. The molecule has 4 N–H and O–H groups in total. The standard InChI is InChI=1S/C26H44N4O2/c31-25(29-15-17-2-1-10-27-14-17)19-5-3-18(4-6-19)23-13-24(23)26(32)30-22-8-7-21-16-28-11-9-20(21)12-22/h17-24,27-28H,1-16H2,(H,29,31)(H,30,32). The molecule has 6 heteroatoms. The van der Waals surface area contributed by atoms with Crippen LogP contribution < -0.4 is 21.3 Å². The molecule has 0 spiro atoms. The fraction of sp³-hybridized carbons (Fsp3) is 0.923. The maximum Gasteiger partial charge on any atom is 0.223 e. The molecular formula is C26H44N4O2. The lowest BCUT2D eigenvalue weighted by atomic mass is 9.73. The van der Waals surface area contributed by atoms with Crippen LogP contribution in [0.15, 0.2) is 0 Å². The van der Waals surface area contributed by atoms with Gasteiger partial charge in [-0.05, 0) is 126 Å². The SMILES string of the molecule is O=C(NCC1CCCNC1)C1CCC(C2CC2C(=O)NC2CCC3CNCCC3C2)CC1. The van der Waals surface area contributed by atoms with Crippen LogP contribution in [0.3, 0.4) is 0 Å². The van der Waals surface area contributed by atoms with Gasteiger partial charge < -0.3 is 21.3 Å². The minimum absolute atomic E-state index is 0.189. The second-order valence-corrected chi connectivity index (χ2v) is 11.6. The minimum atomic E-state index is 0.189. The van der Waals surface area contributed by atoms with Gasteiger partial charge in [0, 0.05) is 24.4 Å². The van der Waals surface area contributed by atoms with E-state index in [9.17, 15) is 9.59 Å². The number of amides is 2. The van der Waals surface area contributed by atoms with Gasteiger partial charge in [-0.3, -0.25) is 9.59 Å². The van der Waals surface area contributed by atoms with Crippen molar-refractivity contribution in [3.8, 4) is 0 Å². The van der Waals surface area contributed by atoms with Crippen LogP contribution in [-0.2, 0) is 9.59 Å². The molecule has 0 aromatic rings. The number of rotatable bonds is 6. The van der Waals surface area contributed by atoms with Gasteiger partial charge in [-0.2, -0.15) is 0 Å². The molecule has 0 aromatic carbocycles. The number of nitrogens with one attached hydrogen (secondary N) is 4. The second-order valence-electron chi connectivity index (χ2n) is 11.6. The molecule has 5 fully saturated rings. The summed E-state index contributed by atoms with van der Waals surface area (Å²) >= 11 is 0. The van der Waals surface area contributed by atoms with Gasteiger partial charge in [-0.1, -0.05) is 0 Å². The maximum absolute atomic E-state index is 12.9.